The number of rotatable bonds is 4. The van der Waals surface area contributed by atoms with Gasteiger partial charge in [-0.1, -0.05) is 31.2 Å². The van der Waals surface area contributed by atoms with Gasteiger partial charge in [0.1, 0.15) is 5.84 Å². The smallest absolute Gasteiger partial charge is 0.122 e. The van der Waals surface area contributed by atoms with E-state index in [1.807, 2.05) is 12.1 Å². The average molecular weight is 231 g/mol. The summed E-state index contributed by atoms with van der Waals surface area (Å²) in [6.07, 6.45) is 3.90. The topological polar surface area (TPSA) is 53.1 Å². The molecule has 1 saturated heterocycles. The van der Waals surface area contributed by atoms with Gasteiger partial charge in [0.2, 0.25) is 0 Å². The Bertz CT molecular complexity index is 383. The molecule has 17 heavy (non-hydrogen) atoms. The molecule has 92 valence electrons. The van der Waals surface area contributed by atoms with E-state index in [1.165, 1.54) is 31.4 Å². The first kappa shape index (κ1) is 12.1. The summed E-state index contributed by atoms with van der Waals surface area (Å²) in [6.45, 7) is 4.51. The third kappa shape index (κ3) is 2.86. The van der Waals surface area contributed by atoms with Crippen LogP contribution in [0.3, 0.4) is 0 Å². The van der Waals surface area contributed by atoms with Gasteiger partial charge in [-0.2, -0.15) is 0 Å². The molecule has 0 amide bonds. The Kier molecular flexibility index (Phi) is 3.79. The van der Waals surface area contributed by atoms with E-state index in [-0.39, 0.29) is 5.84 Å². The molecule has 0 bridgehead atoms. The van der Waals surface area contributed by atoms with Gasteiger partial charge in [0.15, 0.2) is 0 Å². The number of hydrogen-bond donors (Lipinski definition) is 2. The summed E-state index contributed by atoms with van der Waals surface area (Å²) >= 11 is 0. The van der Waals surface area contributed by atoms with Gasteiger partial charge in [0.05, 0.1) is 0 Å². The monoisotopic (exact) mass is 231 g/mol. The molecule has 0 saturated carbocycles. The van der Waals surface area contributed by atoms with E-state index in [9.17, 15) is 0 Å². The SMILES string of the molecule is CCC1CCCN1Cc1ccc(C(=N)N)cc1. The molecule has 3 heteroatoms. The molecule has 1 aromatic carbocycles. The second kappa shape index (κ2) is 5.32. The number of benzene rings is 1. The van der Waals surface area contributed by atoms with E-state index in [0.29, 0.717) is 0 Å². The maximum Gasteiger partial charge on any atom is 0.122 e. The minimum atomic E-state index is 0.143. The Hall–Kier alpha value is -1.35. The number of hydrogen-bond acceptors (Lipinski definition) is 2. The molecule has 1 fully saturated rings. The third-order valence-electron chi connectivity index (χ3n) is 3.62. The molecule has 1 atom stereocenters. The molecule has 1 heterocycles. The molecule has 0 aromatic heterocycles. The summed E-state index contributed by atoms with van der Waals surface area (Å²) in [4.78, 5) is 2.56. The zero-order valence-corrected chi connectivity index (χ0v) is 10.4. The summed E-state index contributed by atoms with van der Waals surface area (Å²) in [6, 6.07) is 8.80. The fraction of sp³-hybridized carbons (Fsp3) is 0.500. The highest BCUT2D eigenvalue weighted by molar-refractivity contribution is 5.94. The molecule has 0 aliphatic carbocycles. The van der Waals surface area contributed by atoms with Crippen LogP contribution in [0.4, 0.5) is 0 Å². The van der Waals surface area contributed by atoms with Crippen molar-refractivity contribution in [3.8, 4) is 0 Å². The quantitative estimate of drug-likeness (QED) is 0.617. The largest absolute Gasteiger partial charge is 0.384 e. The first-order valence-corrected chi connectivity index (χ1v) is 6.38. The number of nitrogens with two attached hydrogens (primary N) is 1. The molecule has 1 aliphatic rings. The van der Waals surface area contributed by atoms with Crippen LogP contribution in [0.1, 0.15) is 37.3 Å². The molecule has 1 aromatic rings. The summed E-state index contributed by atoms with van der Waals surface area (Å²) < 4.78 is 0. The molecule has 1 unspecified atom stereocenters. The minimum absolute atomic E-state index is 0.143. The zero-order valence-electron chi connectivity index (χ0n) is 10.4. The third-order valence-corrected chi connectivity index (χ3v) is 3.62. The van der Waals surface area contributed by atoms with Crippen molar-refractivity contribution in [2.75, 3.05) is 6.54 Å². The van der Waals surface area contributed by atoms with Crippen molar-refractivity contribution in [1.82, 2.24) is 4.90 Å². The van der Waals surface area contributed by atoms with E-state index in [0.717, 1.165) is 18.2 Å². The van der Waals surface area contributed by atoms with E-state index in [1.54, 1.807) is 0 Å². The number of nitrogens with one attached hydrogen (secondary N) is 1. The number of likely N-dealkylation sites (tertiary alicyclic amines) is 1. The standard InChI is InChI=1S/C14H21N3/c1-2-13-4-3-9-17(13)10-11-5-7-12(8-6-11)14(15)16/h5-8,13H,2-4,9-10H2,1H3,(H3,15,16). The van der Waals surface area contributed by atoms with E-state index in [4.69, 9.17) is 11.1 Å². The highest BCUT2D eigenvalue weighted by Gasteiger charge is 2.22. The molecule has 0 spiro atoms. The lowest BCUT2D eigenvalue weighted by Gasteiger charge is -2.23. The van der Waals surface area contributed by atoms with Crippen LogP contribution in [0, 0.1) is 5.41 Å². The van der Waals surface area contributed by atoms with Gasteiger partial charge < -0.3 is 5.73 Å². The van der Waals surface area contributed by atoms with Crippen molar-refractivity contribution in [2.45, 2.75) is 38.8 Å². The van der Waals surface area contributed by atoms with Crippen molar-refractivity contribution in [2.24, 2.45) is 5.73 Å². The van der Waals surface area contributed by atoms with Crippen molar-refractivity contribution in [1.29, 1.82) is 5.41 Å². The maximum atomic E-state index is 7.36. The van der Waals surface area contributed by atoms with Crippen molar-refractivity contribution in [3.05, 3.63) is 35.4 Å². The summed E-state index contributed by atoms with van der Waals surface area (Å²) in [5.74, 6) is 0.143. The number of amidine groups is 1. The number of nitrogen functional groups attached to an aromatic ring is 1. The van der Waals surface area contributed by atoms with Gasteiger partial charge in [-0.3, -0.25) is 10.3 Å². The van der Waals surface area contributed by atoms with Gasteiger partial charge in [-0.05, 0) is 31.4 Å². The Labute approximate surface area is 103 Å². The lowest BCUT2D eigenvalue weighted by molar-refractivity contribution is 0.240. The van der Waals surface area contributed by atoms with Crippen LogP contribution in [0.5, 0.6) is 0 Å². The fourth-order valence-corrected chi connectivity index (χ4v) is 2.59. The lowest BCUT2D eigenvalue weighted by Crippen LogP contribution is -2.28. The van der Waals surface area contributed by atoms with Crippen LogP contribution < -0.4 is 5.73 Å². The second-order valence-corrected chi connectivity index (χ2v) is 4.79. The van der Waals surface area contributed by atoms with Crippen LogP contribution in [0.2, 0.25) is 0 Å². The highest BCUT2D eigenvalue weighted by atomic mass is 15.2. The van der Waals surface area contributed by atoms with Gasteiger partial charge in [-0.15, -0.1) is 0 Å². The highest BCUT2D eigenvalue weighted by Crippen LogP contribution is 2.22. The van der Waals surface area contributed by atoms with E-state index in [2.05, 4.69) is 24.0 Å². The molecular weight excluding hydrogens is 210 g/mol. The molecule has 3 nitrogen and oxygen atoms in total. The normalized spacial score (nSPS) is 20.6. The minimum Gasteiger partial charge on any atom is -0.384 e. The molecular formula is C14H21N3. The molecule has 2 rings (SSSR count). The van der Waals surface area contributed by atoms with Crippen molar-refractivity contribution in [3.63, 3.8) is 0 Å². The van der Waals surface area contributed by atoms with Crippen molar-refractivity contribution < 1.29 is 0 Å². The molecule has 3 N–H and O–H groups in total. The maximum absolute atomic E-state index is 7.36. The molecule has 1 aliphatic heterocycles. The van der Waals surface area contributed by atoms with Gasteiger partial charge in [-0.25, -0.2) is 0 Å². The van der Waals surface area contributed by atoms with Gasteiger partial charge in [0.25, 0.3) is 0 Å². The Balaban J connectivity index is 2.01. The van der Waals surface area contributed by atoms with Crippen LogP contribution in [-0.4, -0.2) is 23.3 Å². The van der Waals surface area contributed by atoms with Crippen LogP contribution in [0.25, 0.3) is 0 Å². The van der Waals surface area contributed by atoms with Crippen molar-refractivity contribution >= 4 is 5.84 Å². The fourth-order valence-electron chi connectivity index (χ4n) is 2.59. The summed E-state index contributed by atoms with van der Waals surface area (Å²) in [7, 11) is 0. The number of nitrogens with zero attached hydrogens (tertiary/aromatic N) is 1. The summed E-state index contributed by atoms with van der Waals surface area (Å²) in [5, 5.41) is 7.36. The Morgan fingerprint density at radius 3 is 2.71 bits per heavy atom. The predicted octanol–water partition coefficient (Wildman–Crippen LogP) is 2.35. The zero-order chi connectivity index (χ0) is 12.3. The first-order chi connectivity index (χ1) is 8.20. The summed E-state index contributed by atoms with van der Waals surface area (Å²) in [5.41, 5.74) is 7.57. The van der Waals surface area contributed by atoms with Crippen LogP contribution >= 0.6 is 0 Å². The predicted molar refractivity (Wildman–Crippen MR) is 71.2 cm³/mol. The van der Waals surface area contributed by atoms with E-state index < -0.39 is 0 Å². The first-order valence-electron chi connectivity index (χ1n) is 6.38. The average Bonchev–Trinajstić information content (AvgIpc) is 2.77. The van der Waals surface area contributed by atoms with Gasteiger partial charge in [0, 0.05) is 18.2 Å². The van der Waals surface area contributed by atoms with E-state index >= 15 is 0 Å². The molecule has 0 radical (unpaired) electrons. The van der Waals surface area contributed by atoms with Gasteiger partial charge >= 0.3 is 0 Å². The van der Waals surface area contributed by atoms with Crippen LogP contribution in [0.15, 0.2) is 24.3 Å². The lowest BCUT2D eigenvalue weighted by atomic mass is 10.1. The Morgan fingerprint density at radius 1 is 1.41 bits per heavy atom. The second-order valence-electron chi connectivity index (χ2n) is 4.79. The van der Waals surface area contributed by atoms with Crippen LogP contribution in [-0.2, 0) is 6.54 Å². The Morgan fingerprint density at radius 2 is 2.12 bits per heavy atom.